The number of hydrogen-bond acceptors (Lipinski definition) is 12. The highest BCUT2D eigenvalue weighted by Crippen LogP contribution is 2.05. The van der Waals surface area contributed by atoms with Gasteiger partial charge >= 0.3 is 0 Å². The summed E-state index contributed by atoms with van der Waals surface area (Å²) in [6, 6.07) is 0. The van der Waals surface area contributed by atoms with Crippen LogP contribution in [0.1, 0.15) is 55.4 Å². The Morgan fingerprint density at radius 3 is 1.02 bits per heavy atom. The molecule has 0 aromatic heterocycles. The van der Waals surface area contributed by atoms with E-state index in [1.54, 1.807) is 14.0 Å². The van der Waals surface area contributed by atoms with Crippen molar-refractivity contribution in [3.8, 4) is 0 Å². The minimum atomic E-state index is -0.478. The van der Waals surface area contributed by atoms with Crippen LogP contribution in [0.25, 0.3) is 0 Å². The summed E-state index contributed by atoms with van der Waals surface area (Å²) in [5.74, 6) is 0. The molecule has 8 unspecified atom stereocenters. The van der Waals surface area contributed by atoms with Crippen molar-refractivity contribution in [2.75, 3.05) is 86.4 Å². The van der Waals surface area contributed by atoms with Crippen molar-refractivity contribution in [2.24, 2.45) is 0 Å². The Morgan fingerprint density at radius 1 is 0.439 bits per heavy atom. The molecule has 3 N–H and O–H groups in total. The predicted molar refractivity (Wildman–Crippen MR) is 156 cm³/mol. The smallest absolute Gasteiger partial charge is 0.0781 e. The fourth-order valence-corrected chi connectivity index (χ4v) is 2.75. The van der Waals surface area contributed by atoms with Gasteiger partial charge in [-0.3, -0.25) is 0 Å². The monoisotopic (exact) mass is 602 g/mol. The molecule has 0 amide bonds. The van der Waals surface area contributed by atoms with Gasteiger partial charge in [0.25, 0.3) is 0 Å². The fraction of sp³-hybridized carbons (Fsp3) is 1.00. The molecule has 8 atom stereocenters. The van der Waals surface area contributed by atoms with Crippen LogP contribution in [0.2, 0.25) is 0 Å². The zero-order chi connectivity index (χ0) is 31.5. The second-order valence-corrected chi connectivity index (χ2v) is 10.4. The van der Waals surface area contributed by atoms with E-state index in [0.717, 1.165) is 0 Å². The summed E-state index contributed by atoms with van der Waals surface area (Å²) in [5, 5.41) is 26.4. The summed E-state index contributed by atoms with van der Waals surface area (Å²) >= 11 is 0. The second-order valence-electron chi connectivity index (χ2n) is 10.4. The maximum absolute atomic E-state index is 9.24. The van der Waals surface area contributed by atoms with Gasteiger partial charge in [-0.2, -0.15) is 0 Å². The first kappa shape index (κ1) is 42.7. The number of ether oxygens (including phenoxy) is 9. The largest absolute Gasteiger partial charge is 0.394 e. The predicted octanol–water partition coefficient (Wildman–Crippen LogP) is 1.84. The molecule has 41 heavy (non-hydrogen) atoms. The Balaban J connectivity index is 0. The fourth-order valence-electron chi connectivity index (χ4n) is 2.75. The first-order valence-corrected chi connectivity index (χ1v) is 14.7. The lowest BCUT2D eigenvalue weighted by molar-refractivity contribution is -0.108. The maximum atomic E-state index is 9.24. The average molecular weight is 603 g/mol. The molecule has 0 aliphatic carbocycles. The first-order chi connectivity index (χ1) is 19.4. The summed E-state index contributed by atoms with van der Waals surface area (Å²) in [6.45, 7) is 19.9. The van der Waals surface area contributed by atoms with Crippen LogP contribution >= 0.6 is 0 Å². The topological polar surface area (TPSA) is 144 Å². The van der Waals surface area contributed by atoms with Crippen molar-refractivity contribution in [3.05, 3.63) is 0 Å². The Labute approximate surface area is 248 Å². The van der Waals surface area contributed by atoms with Crippen molar-refractivity contribution in [1.29, 1.82) is 0 Å². The molecule has 0 radical (unpaired) electrons. The van der Waals surface area contributed by atoms with Crippen LogP contribution in [-0.2, 0) is 42.6 Å². The van der Waals surface area contributed by atoms with Crippen LogP contribution in [0, 0.1) is 0 Å². The van der Waals surface area contributed by atoms with Gasteiger partial charge in [-0.05, 0) is 55.4 Å². The normalized spacial score (nSPS) is 17.6. The summed E-state index contributed by atoms with van der Waals surface area (Å²) in [5.41, 5.74) is 0. The highest BCUT2D eigenvalue weighted by atomic mass is 16.6. The van der Waals surface area contributed by atoms with Gasteiger partial charge in [-0.1, -0.05) is 0 Å². The van der Waals surface area contributed by atoms with Gasteiger partial charge in [-0.15, -0.1) is 0 Å². The zero-order valence-corrected chi connectivity index (χ0v) is 27.1. The Morgan fingerprint density at radius 2 is 0.756 bits per heavy atom. The molecule has 0 aromatic rings. The van der Waals surface area contributed by atoms with E-state index in [-0.39, 0.29) is 55.9 Å². The quantitative estimate of drug-likeness (QED) is 0.118. The summed E-state index contributed by atoms with van der Waals surface area (Å²) in [4.78, 5) is 0. The van der Waals surface area contributed by atoms with Crippen LogP contribution in [0.4, 0.5) is 0 Å². The lowest BCUT2D eigenvalue weighted by Crippen LogP contribution is -2.30. The van der Waals surface area contributed by atoms with Gasteiger partial charge in [0.05, 0.1) is 128 Å². The SMILES string of the molecule is CC(O)COC(C)COC(C)COC(C)COC(C)COC(C)COC(C)COC(C)CO.COCCOCCO. The number of rotatable bonds is 27. The molecule has 0 aliphatic rings. The number of aliphatic hydroxyl groups excluding tert-OH is 3. The second kappa shape index (κ2) is 29.6. The highest BCUT2D eigenvalue weighted by molar-refractivity contribution is 4.59. The van der Waals surface area contributed by atoms with Gasteiger partial charge in [0.2, 0.25) is 0 Å². The average Bonchev–Trinajstić information content (AvgIpc) is 2.95. The van der Waals surface area contributed by atoms with Crippen molar-refractivity contribution in [2.45, 2.75) is 104 Å². The minimum absolute atomic E-state index is 0.000849. The molecular weight excluding hydrogens is 540 g/mol. The van der Waals surface area contributed by atoms with Gasteiger partial charge < -0.3 is 58.0 Å². The van der Waals surface area contributed by atoms with Gasteiger partial charge in [0, 0.05) is 7.11 Å². The molecule has 0 heterocycles. The van der Waals surface area contributed by atoms with Gasteiger partial charge in [-0.25, -0.2) is 0 Å². The third-order valence-electron chi connectivity index (χ3n) is 5.24. The minimum Gasteiger partial charge on any atom is -0.394 e. The molecule has 250 valence electrons. The van der Waals surface area contributed by atoms with Crippen molar-refractivity contribution in [3.63, 3.8) is 0 Å². The van der Waals surface area contributed by atoms with E-state index in [1.807, 2.05) is 48.5 Å². The Kier molecular flexibility index (Phi) is 30.8. The molecule has 0 aliphatic heterocycles. The van der Waals surface area contributed by atoms with E-state index in [4.69, 9.17) is 48.1 Å². The van der Waals surface area contributed by atoms with Crippen molar-refractivity contribution in [1.82, 2.24) is 0 Å². The van der Waals surface area contributed by atoms with Crippen LogP contribution < -0.4 is 0 Å². The molecular formula is C29H62O12. The number of aliphatic hydroxyl groups is 3. The summed E-state index contributed by atoms with van der Waals surface area (Å²) in [7, 11) is 1.61. The van der Waals surface area contributed by atoms with E-state index < -0.39 is 6.10 Å². The number of hydrogen-bond donors (Lipinski definition) is 3. The Bertz CT molecular complexity index is 522. The molecule has 0 saturated carbocycles. The van der Waals surface area contributed by atoms with Gasteiger partial charge in [0.1, 0.15) is 0 Å². The molecule has 0 aromatic carbocycles. The van der Waals surface area contributed by atoms with Crippen LogP contribution in [0.15, 0.2) is 0 Å². The highest BCUT2D eigenvalue weighted by Gasteiger charge is 2.14. The molecule has 0 fully saturated rings. The lowest BCUT2D eigenvalue weighted by atomic mass is 10.3. The van der Waals surface area contributed by atoms with Crippen molar-refractivity contribution >= 4 is 0 Å². The summed E-state index contributed by atoms with van der Waals surface area (Å²) in [6.07, 6.45) is -1.07. The standard InChI is InChI=1S/C24H50O9.C5H12O3/c1-17(26)10-27-19(3)12-29-21(5)14-31-23(7)16-33-24(8)15-32-22(6)13-30-20(4)11-28-18(2)9-25;1-7-4-5-8-3-2-6/h17-26H,9-16H2,1-8H3;6H,2-5H2,1H3. The molecule has 0 saturated heterocycles. The van der Waals surface area contributed by atoms with E-state index >= 15 is 0 Å². The van der Waals surface area contributed by atoms with E-state index in [2.05, 4.69) is 4.74 Å². The van der Waals surface area contributed by atoms with Gasteiger partial charge in [0.15, 0.2) is 0 Å². The number of methoxy groups -OCH3 is 1. The Hall–Kier alpha value is -0.480. The van der Waals surface area contributed by atoms with Crippen LogP contribution in [0.5, 0.6) is 0 Å². The summed E-state index contributed by atoms with van der Waals surface area (Å²) < 4.78 is 49.3. The maximum Gasteiger partial charge on any atom is 0.0781 e. The van der Waals surface area contributed by atoms with E-state index in [0.29, 0.717) is 66.1 Å². The molecule has 12 nitrogen and oxygen atoms in total. The molecule has 0 bridgehead atoms. The molecule has 0 spiro atoms. The zero-order valence-electron chi connectivity index (χ0n) is 27.1. The third kappa shape index (κ3) is 32.3. The van der Waals surface area contributed by atoms with E-state index in [9.17, 15) is 5.11 Å². The molecule has 0 rings (SSSR count). The van der Waals surface area contributed by atoms with Crippen LogP contribution in [0.3, 0.4) is 0 Å². The third-order valence-corrected chi connectivity index (χ3v) is 5.24. The van der Waals surface area contributed by atoms with Crippen molar-refractivity contribution < 1.29 is 58.0 Å². The van der Waals surface area contributed by atoms with E-state index in [1.165, 1.54) is 0 Å². The van der Waals surface area contributed by atoms with Crippen LogP contribution in [-0.4, -0.2) is 151 Å². The molecule has 12 heteroatoms. The first-order valence-electron chi connectivity index (χ1n) is 14.7. The lowest BCUT2D eigenvalue weighted by Gasteiger charge is -2.22.